The molecule has 0 amide bonds. The van der Waals surface area contributed by atoms with Crippen LogP contribution in [0.3, 0.4) is 0 Å². The molecule has 0 saturated heterocycles. The minimum atomic E-state index is 0.326. The summed E-state index contributed by atoms with van der Waals surface area (Å²) in [5.74, 6) is 0. The highest BCUT2D eigenvalue weighted by Gasteiger charge is 2.12. The van der Waals surface area contributed by atoms with Gasteiger partial charge in [-0.1, -0.05) is 13.0 Å². The first-order valence-electron chi connectivity index (χ1n) is 3.42. The molecular weight excluding hydrogens is 144 g/mol. The number of methoxy groups -OCH3 is 1. The van der Waals surface area contributed by atoms with Gasteiger partial charge in [-0.05, 0) is 12.7 Å². The molecule has 60 valence electrons. The molecule has 0 spiro atoms. The largest absolute Gasteiger partial charge is 0.380 e. The minimum Gasteiger partial charge on any atom is -0.380 e. The SMILES string of the molecule is C=CC[C@@H](OC)[C@H](C)SC. The van der Waals surface area contributed by atoms with Gasteiger partial charge in [-0.2, -0.15) is 11.8 Å². The maximum atomic E-state index is 5.25. The van der Waals surface area contributed by atoms with E-state index in [0.29, 0.717) is 11.4 Å². The third kappa shape index (κ3) is 3.28. The zero-order chi connectivity index (χ0) is 7.98. The van der Waals surface area contributed by atoms with E-state index in [9.17, 15) is 0 Å². The van der Waals surface area contributed by atoms with E-state index in [0.717, 1.165) is 6.42 Å². The lowest BCUT2D eigenvalue weighted by Crippen LogP contribution is -2.21. The molecule has 0 saturated carbocycles. The second kappa shape index (κ2) is 5.81. The fourth-order valence-corrected chi connectivity index (χ4v) is 1.32. The molecule has 10 heavy (non-hydrogen) atoms. The molecule has 0 N–H and O–H groups in total. The third-order valence-corrected chi connectivity index (χ3v) is 2.64. The standard InChI is InChI=1S/C8H16OS/c1-5-6-8(9-3)7(2)10-4/h5,7-8H,1,6H2,2-4H3/t7-,8+/m0/s1. The Balaban J connectivity index is 3.67. The lowest BCUT2D eigenvalue weighted by molar-refractivity contribution is 0.107. The summed E-state index contributed by atoms with van der Waals surface area (Å²) < 4.78 is 5.25. The van der Waals surface area contributed by atoms with Gasteiger partial charge < -0.3 is 4.74 Å². The zero-order valence-corrected chi connectivity index (χ0v) is 7.78. The first-order chi connectivity index (χ1) is 4.76. The Hall–Kier alpha value is 0.0500. The van der Waals surface area contributed by atoms with E-state index in [1.165, 1.54) is 0 Å². The monoisotopic (exact) mass is 160 g/mol. The van der Waals surface area contributed by atoms with E-state index >= 15 is 0 Å². The first-order valence-corrected chi connectivity index (χ1v) is 4.71. The predicted octanol–water partition coefficient (Wildman–Crippen LogP) is 2.33. The van der Waals surface area contributed by atoms with Crippen LogP contribution in [0.2, 0.25) is 0 Å². The molecule has 2 atom stereocenters. The van der Waals surface area contributed by atoms with Gasteiger partial charge in [-0.25, -0.2) is 0 Å². The van der Waals surface area contributed by atoms with Crippen molar-refractivity contribution in [2.75, 3.05) is 13.4 Å². The van der Waals surface area contributed by atoms with E-state index in [1.807, 2.05) is 17.8 Å². The zero-order valence-electron chi connectivity index (χ0n) is 6.96. The lowest BCUT2D eigenvalue weighted by atomic mass is 10.2. The maximum absolute atomic E-state index is 5.25. The van der Waals surface area contributed by atoms with Crippen LogP contribution >= 0.6 is 11.8 Å². The van der Waals surface area contributed by atoms with Crippen LogP contribution < -0.4 is 0 Å². The van der Waals surface area contributed by atoms with Crippen molar-refractivity contribution in [1.82, 2.24) is 0 Å². The molecule has 0 aromatic carbocycles. The van der Waals surface area contributed by atoms with Gasteiger partial charge in [0.15, 0.2) is 0 Å². The van der Waals surface area contributed by atoms with Gasteiger partial charge in [0.1, 0.15) is 0 Å². The van der Waals surface area contributed by atoms with Crippen molar-refractivity contribution in [2.24, 2.45) is 0 Å². The molecule has 0 aliphatic heterocycles. The number of ether oxygens (including phenoxy) is 1. The smallest absolute Gasteiger partial charge is 0.0721 e. The second-order valence-corrected chi connectivity index (χ2v) is 3.45. The van der Waals surface area contributed by atoms with E-state index in [2.05, 4.69) is 19.8 Å². The van der Waals surface area contributed by atoms with E-state index < -0.39 is 0 Å². The fraction of sp³-hybridized carbons (Fsp3) is 0.750. The summed E-state index contributed by atoms with van der Waals surface area (Å²) in [5.41, 5.74) is 0. The Morgan fingerprint density at radius 2 is 2.30 bits per heavy atom. The van der Waals surface area contributed by atoms with Crippen LogP contribution in [0, 0.1) is 0 Å². The van der Waals surface area contributed by atoms with Crippen LogP contribution in [0.5, 0.6) is 0 Å². The molecule has 0 unspecified atom stereocenters. The number of hydrogen-bond donors (Lipinski definition) is 0. The molecule has 0 aliphatic carbocycles. The van der Waals surface area contributed by atoms with Crippen molar-refractivity contribution in [3.05, 3.63) is 12.7 Å². The normalized spacial score (nSPS) is 16.3. The topological polar surface area (TPSA) is 9.23 Å². The molecule has 0 aromatic heterocycles. The fourth-order valence-electron chi connectivity index (χ4n) is 0.796. The molecule has 0 heterocycles. The van der Waals surface area contributed by atoms with Crippen LogP contribution in [0.25, 0.3) is 0 Å². The van der Waals surface area contributed by atoms with Crippen molar-refractivity contribution in [1.29, 1.82) is 0 Å². The molecule has 0 rings (SSSR count). The summed E-state index contributed by atoms with van der Waals surface area (Å²) in [6.07, 6.45) is 5.27. The highest BCUT2D eigenvalue weighted by atomic mass is 32.2. The summed E-state index contributed by atoms with van der Waals surface area (Å²) in [6.45, 7) is 5.84. The van der Waals surface area contributed by atoms with Crippen molar-refractivity contribution in [2.45, 2.75) is 24.7 Å². The van der Waals surface area contributed by atoms with Gasteiger partial charge in [0.2, 0.25) is 0 Å². The van der Waals surface area contributed by atoms with Crippen LogP contribution in [0.1, 0.15) is 13.3 Å². The Labute approximate surface area is 67.8 Å². The molecule has 0 radical (unpaired) electrons. The van der Waals surface area contributed by atoms with Crippen LogP contribution in [0.4, 0.5) is 0 Å². The maximum Gasteiger partial charge on any atom is 0.0721 e. The van der Waals surface area contributed by atoms with Gasteiger partial charge in [-0.15, -0.1) is 6.58 Å². The van der Waals surface area contributed by atoms with Gasteiger partial charge in [0.05, 0.1) is 6.10 Å². The lowest BCUT2D eigenvalue weighted by Gasteiger charge is -2.18. The number of rotatable bonds is 5. The van der Waals surface area contributed by atoms with E-state index in [-0.39, 0.29) is 0 Å². The van der Waals surface area contributed by atoms with Crippen molar-refractivity contribution < 1.29 is 4.74 Å². The van der Waals surface area contributed by atoms with Crippen molar-refractivity contribution >= 4 is 11.8 Å². The van der Waals surface area contributed by atoms with Gasteiger partial charge >= 0.3 is 0 Å². The Morgan fingerprint density at radius 3 is 2.60 bits per heavy atom. The van der Waals surface area contributed by atoms with Gasteiger partial charge in [-0.3, -0.25) is 0 Å². The summed E-state index contributed by atoms with van der Waals surface area (Å²) in [6, 6.07) is 0. The summed E-state index contributed by atoms with van der Waals surface area (Å²) in [7, 11) is 1.75. The Kier molecular flexibility index (Phi) is 5.84. The quantitative estimate of drug-likeness (QED) is 0.571. The molecule has 0 bridgehead atoms. The Morgan fingerprint density at radius 1 is 1.70 bits per heavy atom. The van der Waals surface area contributed by atoms with E-state index in [4.69, 9.17) is 4.74 Å². The molecule has 2 heteroatoms. The van der Waals surface area contributed by atoms with Crippen molar-refractivity contribution in [3.63, 3.8) is 0 Å². The summed E-state index contributed by atoms with van der Waals surface area (Å²) >= 11 is 1.82. The third-order valence-electron chi connectivity index (χ3n) is 1.60. The molecule has 1 nitrogen and oxygen atoms in total. The van der Waals surface area contributed by atoms with Crippen LogP contribution in [-0.2, 0) is 4.74 Å². The second-order valence-electron chi connectivity index (χ2n) is 2.24. The van der Waals surface area contributed by atoms with Crippen LogP contribution in [-0.4, -0.2) is 24.7 Å². The van der Waals surface area contributed by atoms with Gasteiger partial charge in [0, 0.05) is 12.4 Å². The summed E-state index contributed by atoms with van der Waals surface area (Å²) in [5, 5.41) is 0.558. The Bertz CT molecular complexity index is 93.3. The highest BCUT2D eigenvalue weighted by Crippen LogP contribution is 2.15. The first kappa shape index (κ1) is 10.0. The number of thioether (sulfide) groups is 1. The molecule has 0 aliphatic rings. The average Bonchev–Trinajstić information content (AvgIpc) is 1.99. The predicted molar refractivity (Wildman–Crippen MR) is 48.6 cm³/mol. The van der Waals surface area contributed by atoms with E-state index in [1.54, 1.807) is 7.11 Å². The van der Waals surface area contributed by atoms with Gasteiger partial charge in [0.25, 0.3) is 0 Å². The van der Waals surface area contributed by atoms with Crippen LogP contribution in [0.15, 0.2) is 12.7 Å². The molecule has 0 aromatic rings. The minimum absolute atomic E-state index is 0.326. The molecular formula is C8H16OS. The van der Waals surface area contributed by atoms with Crippen molar-refractivity contribution in [3.8, 4) is 0 Å². The molecule has 0 fully saturated rings. The average molecular weight is 160 g/mol. The number of hydrogen-bond acceptors (Lipinski definition) is 2. The highest BCUT2D eigenvalue weighted by molar-refractivity contribution is 7.99. The summed E-state index contributed by atoms with van der Waals surface area (Å²) in [4.78, 5) is 0.